The lowest BCUT2D eigenvalue weighted by Gasteiger charge is -2.17. The van der Waals surface area contributed by atoms with Crippen LogP contribution in [0.5, 0.6) is 0 Å². The number of rotatable bonds is 7. The maximum absolute atomic E-state index is 12.5. The first-order valence-corrected chi connectivity index (χ1v) is 9.43. The average molecular weight is 384 g/mol. The lowest BCUT2D eigenvalue weighted by Crippen LogP contribution is -2.12. The largest absolute Gasteiger partial charge is 0.456 e. The normalized spacial score (nSPS) is 10.8. The van der Waals surface area contributed by atoms with Gasteiger partial charge in [-0.15, -0.1) is 10.2 Å². The Morgan fingerprint density at radius 2 is 1.34 bits per heavy atom. The summed E-state index contributed by atoms with van der Waals surface area (Å²) >= 11 is 0. The first-order chi connectivity index (χ1) is 14.3. The van der Waals surface area contributed by atoms with Gasteiger partial charge in [-0.05, 0) is 23.3 Å². The van der Waals surface area contributed by atoms with Gasteiger partial charge in [-0.2, -0.15) is 0 Å². The lowest BCUT2D eigenvalue weighted by atomic mass is 9.89. The molecule has 29 heavy (non-hydrogen) atoms. The molecule has 0 saturated heterocycles. The van der Waals surface area contributed by atoms with Crippen LogP contribution in [0, 0.1) is 0 Å². The second-order valence-electron chi connectivity index (χ2n) is 6.61. The third-order valence-electron chi connectivity index (χ3n) is 4.62. The molecule has 0 bridgehead atoms. The van der Waals surface area contributed by atoms with Gasteiger partial charge in [-0.3, -0.25) is 4.79 Å². The van der Waals surface area contributed by atoms with E-state index in [1.807, 2.05) is 91.0 Å². The highest BCUT2D eigenvalue weighted by molar-refractivity contribution is 5.71. The van der Waals surface area contributed by atoms with Crippen LogP contribution in [-0.2, 0) is 16.1 Å². The van der Waals surface area contributed by atoms with E-state index in [1.165, 1.54) is 0 Å². The first-order valence-electron chi connectivity index (χ1n) is 9.43. The highest BCUT2D eigenvalue weighted by atomic mass is 16.5. The van der Waals surface area contributed by atoms with Crippen LogP contribution < -0.4 is 0 Å². The Morgan fingerprint density at radius 1 is 0.793 bits per heavy atom. The zero-order valence-electron chi connectivity index (χ0n) is 15.8. The first kappa shape index (κ1) is 18.6. The zero-order valence-corrected chi connectivity index (χ0v) is 15.8. The van der Waals surface area contributed by atoms with E-state index in [0.29, 0.717) is 5.89 Å². The molecule has 0 saturated carbocycles. The number of carbonyl (C=O) groups excluding carboxylic acids is 1. The monoisotopic (exact) mass is 384 g/mol. The van der Waals surface area contributed by atoms with E-state index in [4.69, 9.17) is 9.15 Å². The van der Waals surface area contributed by atoms with E-state index >= 15 is 0 Å². The van der Waals surface area contributed by atoms with Crippen LogP contribution in [0.25, 0.3) is 11.5 Å². The van der Waals surface area contributed by atoms with Gasteiger partial charge in [0.15, 0.2) is 6.61 Å². The van der Waals surface area contributed by atoms with Gasteiger partial charge in [0.05, 0.1) is 6.42 Å². The molecule has 0 amide bonds. The Bertz CT molecular complexity index is 1010. The number of aromatic nitrogens is 2. The molecule has 4 aromatic rings. The lowest BCUT2D eigenvalue weighted by molar-refractivity contribution is -0.145. The Balaban J connectivity index is 1.42. The molecule has 144 valence electrons. The van der Waals surface area contributed by atoms with E-state index in [0.717, 1.165) is 16.7 Å². The quantitative estimate of drug-likeness (QED) is 0.420. The molecule has 3 aromatic carbocycles. The maximum Gasteiger partial charge on any atom is 0.307 e. The predicted octanol–water partition coefficient (Wildman–Crippen LogP) is 5.00. The molecular weight excluding hydrogens is 364 g/mol. The van der Waals surface area contributed by atoms with Crippen molar-refractivity contribution in [1.29, 1.82) is 0 Å². The number of hydrogen-bond acceptors (Lipinski definition) is 5. The van der Waals surface area contributed by atoms with Gasteiger partial charge in [0, 0.05) is 11.5 Å². The highest BCUT2D eigenvalue weighted by Gasteiger charge is 2.20. The minimum absolute atomic E-state index is 0.0467. The fourth-order valence-electron chi connectivity index (χ4n) is 3.18. The number of carbonyl (C=O) groups is 1. The minimum atomic E-state index is -0.317. The van der Waals surface area contributed by atoms with Crippen molar-refractivity contribution < 1.29 is 13.9 Å². The summed E-state index contributed by atoms with van der Waals surface area (Å²) in [5.74, 6) is 0.283. The number of hydrogen-bond donors (Lipinski definition) is 0. The van der Waals surface area contributed by atoms with Crippen LogP contribution in [0.3, 0.4) is 0 Å². The van der Waals surface area contributed by atoms with E-state index in [9.17, 15) is 4.79 Å². The van der Waals surface area contributed by atoms with Crippen molar-refractivity contribution in [2.45, 2.75) is 18.9 Å². The third kappa shape index (κ3) is 4.76. The predicted molar refractivity (Wildman–Crippen MR) is 109 cm³/mol. The molecule has 0 fully saturated rings. The van der Waals surface area contributed by atoms with Gasteiger partial charge < -0.3 is 9.15 Å². The number of ether oxygens (including phenoxy) is 1. The molecule has 0 aliphatic rings. The number of nitrogens with zero attached hydrogens (tertiary/aromatic N) is 2. The standard InChI is InChI=1S/C24H20N2O3/c27-23(28-17-22-25-26-24(29-22)20-14-8-3-9-15-20)16-21(18-10-4-1-5-11-18)19-12-6-2-7-13-19/h1-15,21H,16-17H2. The summed E-state index contributed by atoms with van der Waals surface area (Å²) in [6.45, 7) is -0.0467. The fourth-order valence-corrected chi connectivity index (χ4v) is 3.18. The molecule has 5 nitrogen and oxygen atoms in total. The SMILES string of the molecule is O=C(CC(c1ccccc1)c1ccccc1)OCc1nnc(-c2ccccc2)o1. The van der Waals surface area contributed by atoms with Crippen LogP contribution in [0.4, 0.5) is 0 Å². The Kier molecular flexibility index (Phi) is 5.76. The summed E-state index contributed by atoms with van der Waals surface area (Å²) in [4.78, 5) is 12.5. The van der Waals surface area contributed by atoms with Crippen molar-refractivity contribution in [3.8, 4) is 11.5 Å². The summed E-state index contributed by atoms with van der Waals surface area (Å²) in [5.41, 5.74) is 2.96. The molecule has 0 aliphatic heterocycles. The highest BCUT2D eigenvalue weighted by Crippen LogP contribution is 2.28. The maximum atomic E-state index is 12.5. The molecule has 1 heterocycles. The molecule has 0 aliphatic carbocycles. The summed E-state index contributed by atoms with van der Waals surface area (Å²) in [7, 11) is 0. The van der Waals surface area contributed by atoms with Crippen LogP contribution in [-0.4, -0.2) is 16.2 Å². The van der Waals surface area contributed by atoms with Gasteiger partial charge >= 0.3 is 5.97 Å². The minimum Gasteiger partial charge on any atom is -0.456 e. The second kappa shape index (κ2) is 8.97. The fraction of sp³-hybridized carbons (Fsp3) is 0.125. The van der Waals surface area contributed by atoms with E-state index < -0.39 is 0 Å². The van der Waals surface area contributed by atoms with E-state index in [2.05, 4.69) is 10.2 Å². The van der Waals surface area contributed by atoms with Gasteiger partial charge in [-0.1, -0.05) is 78.9 Å². The smallest absolute Gasteiger partial charge is 0.307 e. The van der Waals surface area contributed by atoms with Crippen molar-refractivity contribution in [3.05, 3.63) is 108 Å². The molecule has 4 rings (SSSR count). The van der Waals surface area contributed by atoms with E-state index in [-0.39, 0.29) is 30.8 Å². The van der Waals surface area contributed by atoms with Gasteiger partial charge in [0.1, 0.15) is 0 Å². The van der Waals surface area contributed by atoms with Crippen molar-refractivity contribution in [2.24, 2.45) is 0 Å². The Labute approximate surface area is 169 Å². The molecule has 1 aromatic heterocycles. The average Bonchev–Trinajstić information content (AvgIpc) is 3.27. The molecule has 0 unspecified atom stereocenters. The second-order valence-corrected chi connectivity index (χ2v) is 6.61. The summed E-state index contributed by atoms with van der Waals surface area (Å²) in [5, 5.41) is 7.98. The molecule has 0 N–H and O–H groups in total. The van der Waals surface area contributed by atoms with Crippen molar-refractivity contribution in [3.63, 3.8) is 0 Å². The van der Waals surface area contributed by atoms with Crippen molar-refractivity contribution in [1.82, 2.24) is 10.2 Å². The van der Waals surface area contributed by atoms with Crippen LogP contribution in [0.15, 0.2) is 95.4 Å². The molecule has 0 spiro atoms. The van der Waals surface area contributed by atoms with Crippen LogP contribution in [0.1, 0.15) is 29.4 Å². The molecule has 0 radical (unpaired) electrons. The van der Waals surface area contributed by atoms with Crippen molar-refractivity contribution >= 4 is 5.97 Å². The summed E-state index contributed by atoms with van der Waals surface area (Å²) in [6.07, 6.45) is 0.230. The molecular formula is C24H20N2O3. The Morgan fingerprint density at radius 3 is 1.93 bits per heavy atom. The van der Waals surface area contributed by atoms with Crippen molar-refractivity contribution in [2.75, 3.05) is 0 Å². The molecule has 5 heteroatoms. The van der Waals surface area contributed by atoms with Gasteiger partial charge in [0.25, 0.3) is 5.89 Å². The topological polar surface area (TPSA) is 65.2 Å². The summed E-state index contributed by atoms with van der Waals surface area (Å²) < 4.78 is 11.0. The summed E-state index contributed by atoms with van der Waals surface area (Å²) in [6, 6.07) is 29.4. The number of esters is 1. The Hall–Kier alpha value is -3.73. The number of benzene rings is 3. The third-order valence-corrected chi connectivity index (χ3v) is 4.62. The molecule has 0 atom stereocenters. The van der Waals surface area contributed by atoms with Crippen LogP contribution in [0.2, 0.25) is 0 Å². The zero-order chi connectivity index (χ0) is 19.9. The van der Waals surface area contributed by atoms with Crippen LogP contribution >= 0.6 is 0 Å². The van der Waals surface area contributed by atoms with Gasteiger partial charge in [0.2, 0.25) is 5.89 Å². The van der Waals surface area contributed by atoms with E-state index in [1.54, 1.807) is 0 Å². The van der Waals surface area contributed by atoms with Gasteiger partial charge in [-0.25, -0.2) is 0 Å².